The average Bonchev–Trinajstić information content (AvgIpc) is 3.32. The van der Waals surface area contributed by atoms with Gasteiger partial charge >= 0.3 is 0 Å². The van der Waals surface area contributed by atoms with Crippen LogP contribution in [0.2, 0.25) is 0 Å². The predicted molar refractivity (Wildman–Crippen MR) is 118 cm³/mol. The Balaban J connectivity index is 1.44. The van der Waals surface area contributed by atoms with Crippen molar-refractivity contribution in [2.24, 2.45) is 10.9 Å². The van der Waals surface area contributed by atoms with E-state index in [2.05, 4.69) is 64.8 Å². The van der Waals surface area contributed by atoms with E-state index in [1.165, 1.54) is 22.1 Å². The van der Waals surface area contributed by atoms with E-state index in [0.29, 0.717) is 0 Å². The van der Waals surface area contributed by atoms with Crippen LogP contribution in [0.3, 0.4) is 0 Å². The summed E-state index contributed by atoms with van der Waals surface area (Å²) in [7, 11) is 0. The summed E-state index contributed by atoms with van der Waals surface area (Å²) in [5, 5.41) is 6.83. The van der Waals surface area contributed by atoms with Crippen LogP contribution in [0, 0.1) is 12.8 Å². The quantitative estimate of drug-likeness (QED) is 0.306. The third kappa shape index (κ3) is 6.54. The molecule has 0 radical (unpaired) electrons. The normalized spacial score (nSPS) is 17.5. The average molecular weight is 403 g/mol. The fourth-order valence-electron chi connectivity index (χ4n) is 3.25. The van der Waals surface area contributed by atoms with Crippen molar-refractivity contribution in [3.8, 4) is 0 Å². The first kappa shape index (κ1) is 20.2. The SMILES string of the molecule is CCNC(=NCCCc1nc(C)cs1)N1CCC(CSc2ccccc2)C1. The van der Waals surface area contributed by atoms with Gasteiger partial charge in [0.25, 0.3) is 0 Å². The van der Waals surface area contributed by atoms with E-state index < -0.39 is 0 Å². The third-order valence-corrected chi connectivity index (χ3v) is 6.90. The Morgan fingerprint density at radius 2 is 2.22 bits per heavy atom. The second-order valence-corrected chi connectivity index (χ2v) is 8.98. The van der Waals surface area contributed by atoms with Crippen molar-refractivity contribution in [1.82, 2.24) is 15.2 Å². The van der Waals surface area contributed by atoms with Gasteiger partial charge < -0.3 is 10.2 Å². The maximum atomic E-state index is 4.87. The first-order chi connectivity index (χ1) is 13.2. The molecule has 1 unspecified atom stereocenters. The number of hydrogen-bond acceptors (Lipinski definition) is 4. The number of guanidine groups is 1. The predicted octanol–water partition coefficient (Wildman–Crippen LogP) is 4.46. The van der Waals surface area contributed by atoms with Crippen molar-refractivity contribution in [1.29, 1.82) is 0 Å². The zero-order valence-electron chi connectivity index (χ0n) is 16.4. The lowest BCUT2D eigenvalue weighted by atomic mass is 10.2. The van der Waals surface area contributed by atoms with Crippen LogP contribution in [-0.2, 0) is 6.42 Å². The number of thioether (sulfide) groups is 1. The van der Waals surface area contributed by atoms with Gasteiger partial charge in [-0.25, -0.2) is 4.98 Å². The standard InChI is InChI=1S/C21H30N4S2/c1-3-22-21(23-12-7-10-20-24-17(2)15-27-20)25-13-11-18(14-25)16-26-19-8-5-4-6-9-19/h4-6,8-9,15,18H,3,7,10-14,16H2,1-2H3,(H,22,23). The van der Waals surface area contributed by atoms with Crippen molar-refractivity contribution >= 4 is 29.1 Å². The lowest BCUT2D eigenvalue weighted by Crippen LogP contribution is -2.40. The summed E-state index contributed by atoms with van der Waals surface area (Å²) in [6.45, 7) is 8.20. The molecule has 0 amide bonds. The molecule has 1 aliphatic heterocycles. The van der Waals surface area contributed by atoms with Crippen LogP contribution in [-0.4, -0.2) is 47.8 Å². The molecule has 3 rings (SSSR count). The number of aryl methyl sites for hydroxylation is 2. The minimum atomic E-state index is 0.734. The van der Waals surface area contributed by atoms with Crippen molar-refractivity contribution in [2.75, 3.05) is 31.9 Å². The van der Waals surface area contributed by atoms with Crippen LogP contribution in [0.4, 0.5) is 0 Å². The van der Waals surface area contributed by atoms with Crippen LogP contribution in [0.1, 0.15) is 30.5 Å². The second kappa shape index (κ2) is 10.7. The molecule has 6 heteroatoms. The Kier molecular flexibility index (Phi) is 8.02. The third-order valence-electron chi connectivity index (χ3n) is 4.63. The van der Waals surface area contributed by atoms with Gasteiger partial charge in [0.1, 0.15) is 0 Å². The van der Waals surface area contributed by atoms with Crippen LogP contribution in [0.5, 0.6) is 0 Å². The minimum Gasteiger partial charge on any atom is -0.357 e. The number of hydrogen-bond donors (Lipinski definition) is 1. The summed E-state index contributed by atoms with van der Waals surface area (Å²) in [5.74, 6) is 3.00. The number of benzene rings is 1. The molecule has 0 spiro atoms. The molecule has 1 atom stereocenters. The highest BCUT2D eigenvalue weighted by Crippen LogP contribution is 2.25. The molecule has 0 bridgehead atoms. The molecule has 0 aliphatic carbocycles. The van der Waals surface area contributed by atoms with Gasteiger partial charge in [0.05, 0.1) is 5.01 Å². The molecule has 1 aliphatic rings. The topological polar surface area (TPSA) is 40.5 Å². The van der Waals surface area contributed by atoms with Crippen LogP contribution >= 0.6 is 23.1 Å². The maximum absolute atomic E-state index is 4.87. The van der Waals surface area contributed by atoms with Gasteiger partial charge in [-0.2, -0.15) is 0 Å². The molecule has 1 fully saturated rings. The van der Waals surface area contributed by atoms with Gasteiger partial charge in [-0.15, -0.1) is 23.1 Å². The summed E-state index contributed by atoms with van der Waals surface area (Å²) in [6, 6.07) is 10.7. The molecular weight excluding hydrogens is 372 g/mol. The molecule has 2 heterocycles. The van der Waals surface area contributed by atoms with E-state index in [4.69, 9.17) is 4.99 Å². The largest absolute Gasteiger partial charge is 0.357 e. The van der Waals surface area contributed by atoms with E-state index in [-0.39, 0.29) is 0 Å². The lowest BCUT2D eigenvalue weighted by Gasteiger charge is -2.21. The molecule has 0 saturated carbocycles. The van der Waals surface area contributed by atoms with Crippen molar-refractivity contribution < 1.29 is 0 Å². The molecule has 27 heavy (non-hydrogen) atoms. The number of nitrogens with zero attached hydrogens (tertiary/aromatic N) is 3. The first-order valence-electron chi connectivity index (χ1n) is 9.86. The van der Waals surface area contributed by atoms with E-state index in [1.807, 2.05) is 11.8 Å². The van der Waals surface area contributed by atoms with Crippen molar-refractivity contribution in [2.45, 2.75) is 38.0 Å². The molecule has 1 aromatic carbocycles. The molecule has 1 aromatic heterocycles. The number of nitrogens with one attached hydrogen (secondary N) is 1. The Hall–Kier alpha value is -1.53. The Morgan fingerprint density at radius 3 is 2.96 bits per heavy atom. The molecular formula is C21H30N4S2. The van der Waals surface area contributed by atoms with Crippen molar-refractivity contribution in [3.63, 3.8) is 0 Å². The minimum absolute atomic E-state index is 0.734. The van der Waals surface area contributed by atoms with Gasteiger partial charge in [0.2, 0.25) is 0 Å². The Morgan fingerprint density at radius 1 is 1.37 bits per heavy atom. The van der Waals surface area contributed by atoms with Gasteiger partial charge in [-0.05, 0) is 44.7 Å². The second-order valence-electron chi connectivity index (χ2n) is 6.95. The number of aromatic nitrogens is 1. The van der Waals surface area contributed by atoms with Crippen molar-refractivity contribution in [3.05, 3.63) is 46.4 Å². The molecule has 1 N–H and O–H groups in total. The molecule has 1 saturated heterocycles. The number of thiazole rings is 1. The summed E-state index contributed by atoms with van der Waals surface area (Å²) < 4.78 is 0. The van der Waals surface area contributed by atoms with E-state index >= 15 is 0 Å². The van der Waals surface area contributed by atoms with E-state index in [1.54, 1.807) is 11.3 Å². The fraction of sp³-hybridized carbons (Fsp3) is 0.524. The van der Waals surface area contributed by atoms with Crippen LogP contribution in [0.15, 0.2) is 45.6 Å². The van der Waals surface area contributed by atoms with Gasteiger partial charge in [0, 0.05) is 54.3 Å². The highest BCUT2D eigenvalue weighted by atomic mass is 32.2. The summed E-state index contributed by atoms with van der Waals surface area (Å²) in [5.41, 5.74) is 1.13. The molecule has 4 nitrogen and oxygen atoms in total. The zero-order valence-corrected chi connectivity index (χ0v) is 18.0. The molecule has 146 valence electrons. The van der Waals surface area contributed by atoms with E-state index in [9.17, 15) is 0 Å². The summed E-state index contributed by atoms with van der Waals surface area (Å²) in [6.07, 6.45) is 3.34. The highest BCUT2D eigenvalue weighted by molar-refractivity contribution is 7.99. The van der Waals surface area contributed by atoms with Gasteiger partial charge in [-0.3, -0.25) is 4.99 Å². The molecule has 2 aromatic rings. The smallest absolute Gasteiger partial charge is 0.193 e. The van der Waals surface area contributed by atoms with Crippen LogP contribution < -0.4 is 5.32 Å². The lowest BCUT2D eigenvalue weighted by molar-refractivity contribution is 0.474. The zero-order chi connectivity index (χ0) is 18.9. The monoisotopic (exact) mass is 402 g/mol. The highest BCUT2D eigenvalue weighted by Gasteiger charge is 2.24. The van der Waals surface area contributed by atoms with E-state index in [0.717, 1.165) is 56.6 Å². The Bertz CT molecular complexity index is 714. The Labute approximate surface area is 171 Å². The number of rotatable bonds is 8. The van der Waals surface area contributed by atoms with Crippen LogP contribution in [0.25, 0.3) is 0 Å². The maximum Gasteiger partial charge on any atom is 0.193 e. The number of aliphatic imine (C=N–C) groups is 1. The first-order valence-corrected chi connectivity index (χ1v) is 11.7. The van der Waals surface area contributed by atoms with Gasteiger partial charge in [0.15, 0.2) is 5.96 Å². The number of likely N-dealkylation sites (tertiary alicyclic amines) is 1. The van der Waals surface area contributed by atoms with Gasteiger partial charge in [-0.1, -0.05) is 18.2 Å². The fourth-order valence-corrected chi connectivity index (χ4v) is 5.12. The summed E-state index contributed by atoms with van der Waals surface area (Å²) in [4.78, 5) is 13.2. The summed E-state index contributed by atoms with van der Waals surface area (Å²) >= 11 is 3.73.